The van der Waals surface area contributed by atoms with Gasteiger partial charge in [0.2, 0.25) is 0 Å². The maximum atomic E-state index is 6.49. The van der Waals surface area contributed by atoms with Crippen LogP contribution in [0.2, 0.25) is 5.02 Å². The van der Waals surface area contributed by atoms with Crippen LogP contribution in [-0.2, 0) is 0 Å². The topological polar surface area (TPSA) is 24.8 Å². The predicted octanol–water partition coefficient (Wildman–Crippen LogP) is 5.15. The molecule has 1 saturated carbocycles. The molecule has 1 aliphatic carbocycles. The SMILES string of the molecule is Clc1ccc2c(c1)[C@@H]1CC(c3ccccc3)=NN1C1(CCCC1)O2. The maximum Gasteiger partial charge on any atom is 0.198 e. The molecular weight excluding hydrogens is 320 g/mol. The Bertz CT molecular complexity index is 812. The van der Waals surface area contributed by atoms with Crippen LogP contribution in [0.3, 0.4) is 0 Å². The molecule has 0 amide bonds. The molecule has 0 N–H and O–H groups in total. The summed E-state index contributed by atoms with van der Waals surface area (Å²) in [4.78, 5) is 0. The number of halogens is 1. The second-order valence-corrected chi connectivity index (χ2v) is 7.35. The summed E-state index contributed by atoms with van der Waals surface area (Å²) in [5, 5.41) is 8.02. The van der Waals surface area contributed by atoms with Crippen LogP contribution in [0, 0.1) is 0 Å². The van der Waals surface area contributed by atoms with Gasteiger partial charge in [0, 0.05) is 29.8 Å². The molecule has 0 saturated heterocycles. The maximum absolute atomic E-state index is 6.49. The van der Waals surface area contributed by atoms with Crippen LogP contribution in [0.4, 0.5) is 0 Å². The highest BCUT2D eigenvalue weighted by molar-refractivity contribution is 6.30. The smallest absolute Gasteiger partial charge is 0.198 e. The first kappa shape index (κ1) is 14.4. The van der Waals surface area contributed by atoms with E-state index in [9.17, 15) is 0 Å². The third kappa shape index (κ3) is 2.07. The summed E-state index contributed by atoms with van der Waals surface area (Å²) >= 11 is 6.26. The summed E-state index contributed by atoms with van der Waals surface area (Å²) < 4.78 is 6.49. The van der Waals surface area contributed by atoms with E-state index < -0.39 is 0 Å². The van der Waals surface area contributed by atoms with Crippen molar-refractivity contribution in [2.45, 2.75) is 43.9 Å². The van der Waals surface area contributed by atoms with Gasteiger partial charge in [-0.1, -0.05) is 41.9 Å². The Labute approximate surface area is 146 Å². The van der Waals surface area contributed by atoms with Gasteiger partial charge < -0.3 is 4.74 Å². The van der Waals surface area contributed by atoms with Crippen molar-refractivity contribution < 1.29 is 4.74 Å². The Morgan fingerprint density at radius 2 is 1.88 bits per heavy atom. The molecule has 0 radical (unpaired) electrons. The number of hydrogen-bond donors (Lipinski definition) is 0. The first-order valence-electron chi connectivity index (χ1n) is 8.66. The average molecular weight is 339 g/mol. The zero-order valence-corrected chi connectivity index (χ0v) is 14.2. The van der Waals surface area contributed by atoms with Crippen molar-refractivity contribution in [3.05, 3.63) is 64.7 Å². The van der Waals surface area contributed by atoms with E-state index in [1.165, 1.54) is 18.4 Å². The van der Waals surface area contributed by atoms with E-state index in [1.54, 1.807) is 0 Å². The second kappa shape index (κ2) is 5.25. The molecule has 122 valence electrons. The van der Waals surface area contributed by atoms with E-state index in [0.29, 0.717) is 0 Å². The molecule has 2 aliphatic heterocycles. The van der Waals surface area contributed by atoms with E-state index >= 15 is 0 Å². The molecule has 1 fully saturated rings. The van der Waals surface area contributed by atoms with E-state index in [2.05, 4.69) is 29.3 Å². The van der Waals surface area contributed by atoms with Gasteiger partial charge in [0.1, 0.15) is 5.75 Å². The summed E-state index contributed by atoms with van der Waals surface area (Å²) in [6, 6.07) is 16.7. The van der Waals surface area contributed by atoms with Crippen molar-refractivity contribution in [1.82, 2.24) is 5.01 Å². The van der Waals surface area contributed by atoms with Crippen molar-refractivity contribution in [2.24, 2.45) is 5.10 Å². The lowest BCUT2D eigenvalue weighted by Crippen LogP contribution is -2.51. The third-order valence-corrected chi connectivity index (χ3v) is 5.69. The first-order chi connectivity index (χ1) is 11.8. The van der Waals surface area contributed by atoms with Crippen molar-refractivity contribution >= 4 is 17.3 Å². The highest BCUT2D eigenvalue weighted by Crippen LogP contribution is 2.52. The highest BCUT2D eigenvalue weighted by Gasteiger charge is 2.51. The van der Waals surface area contributed by atoms with E-state index in [-0.39, 0.29) is 11.8 Å². The number of ether oxygens (including phenoxy) is 1. The van der Waals surface area contributed by atoms with Crippen LogP contribution in [0.15, 0.2) is 53.6 Å². The van der Waals surface area contributed by atoms with Crippen molar-refractivity contribution in [3.8, 4) is 5.75 Å². The van der Waals surface area contributed by atoms with Crippen LogP contribution >= 0.6 is 11.6 Å². The van der Waals surface area contributed by atoms with Gasteiger partial charge in [-0.2, -0.15) is 5.10 Å². The molecule has 1 atom stereocenters. The minimum absolute atomic E-state index is 0.223. The van der Waals surface area contributed by atoms with Crippen molar-refractivity contribution in [1.29, 1.82) is 0 Å². The lowest BCUT2D eigenvalue weighted by molar-refractivity contribution is -0.114. The molecule has 24 heavy (non-hydrogen) atoms. The summed E-state index contributed by atoms with van der Waals surface area (Å²) in [7, 11) is 0. The molecule has 3 aliphatic rings. The first-order valence-corrected chi connectivity index (χ1v) is 9.04. The molecule has 3 nitrogen and oxygen atoms in total. The zero-order valence-electron chi connectivity index (χ0n) is 13.4. The molecule has 0 aromatic heterocycles. The Morgan fingerprint density at radius 3 is 2.67 bits per heavy atom. The molecule has 2 heterocycles. The summed E-state index contributed by atoms with van der Waals surface area (Å²) in [6.07, 6.45) is 5.38. The van der Waals surface area contributed by atoms with Crippen molar-refractivity contribution in [2.75, 3.05) is 0 Å². The molecule has 4 heteroatoms. The van der Waals surface area contributed by atoms with Gasteiger partial charge >= 0.3 is 0 Å². The average Bonchev–Trinajstić information content (AvgIpc) is 3.25. The third-order valence-electron chi connectivity index (χ3n) is 5.45. The van der Waals surface area contributed by atoms with Crippen molar-refractivity contribution in [3.63, 3.8) is 0 Å². The largest absolute Gasteiger partial charge is 0.466 e. The zero-order chi connectivity index (χ0) is 16.1. The number of nitrogens with zero attached hydrogens (tertiary/aromatic N) is 2. The number of hydrazone groups is 1. The van der Waals surface area contributed by atoms with Crippen LogP contribution in [0.5, 0.6) is 5.75 Å². The van der Waals surface area contributed by atoms with Gasteiger partial charge in [-0.05, 0) is 36.6 Å². The van der Waals surface area contributed by atoms with Crippen LogP contribution in [0.25, 0.3) is 0 Å². The number of benzene rings is 2. The molecule has 0 bridgehead atoms. The lowest BCUT2D eigenvalue weighted by atomic mass is 9.94. The summed E-state index contributed by atoms with van der Waals surface area (Å²) in [5.41, 5.74) is 3.23. The molecule has 2 aromatic rings. The standard InChI is InChI=1S/C20H19ClN2O/c21-15-8-9-19-16(12-15)18-13-17(14-6-2-1-3-7-14)22-23(18)20(24-19)10-4-5-11-20/h1-3,6-9,12,18H,4-5,10-11,13H2/t18-/m0/s1. The fourth-order valence-corrected chi connectivity index (χ4v) is 4.50. The minimum Gasteiger partial charge on any atom is -0.466 e. The van der Waals surface area contributed by atoms with Gasteiger partial charge in [-0.25, -0.2) is 5.01 Å². The summed E-state index contributed by atoms with van der Waals surface area (Å²) in [6.45, 7) is 0. The second-order valence-electron chi connectivity index (χ2n) is 6.91. The Kier molecular flexibility index (Phi) is 3.14. The molecule has 2 aromatic carbocycles. The number of rotatable bonds is 1. The van der Waals surface area contributed by atoms with Gasteiger partial charge in [0.25, 0.3) is 0 Å². The monoisotopic (exact) mass is 338 g/mol. The predicted molar refractivity (Wildman–Crippen MR) is 95.5 cm³/mol. The fraction of sp³-hybridized carbons (Fsp3) is 0.350. The quantitative estimate of drug-likeness (QED) is 0.718. The van der Waals surface area contributed by atoms with Gasteiger partial charge in [0.05, 0.1) is 11.8 Å². The van der Waals surface area contributed by atoms with E-state index in [4.69, 9.17) is 21.4 Å². The van der Waals surface area contributed by atoms with Gasteiger partial charge in [-0.15, -0.1) is 0 Å². The van der Waals surface area contributed by atoms with Gasteiger partial charge in [-0.3, -0.25) is 0 Å². The van der Waals surface area contributed by atoms with E-state index in [0.717, 1.165) is 41.3 Å². The summed E-state index contributed by atoms with van der Waals surface area (Å²) in [5.74, 6) is 0.979. The Balaban J connectivity index is 1.62. The Morgan fingerprint density at radius 1 is 1.08 bits per heavy atom. The van der Waals surface area contributed by atoms with Gasteiger partial charge in [0.15, 0.2) is 5.72 Å². The van der Waals surface area contributed by atoms with Crippen LogP contribution in [0.1, 0.15) is 49.3 Å². The lowest BCUT2D eigenvalue weighted by Gasteiger charge is -2.45. The fourth-order valence-electron chi connectivity index (χ4n) is 4.32. The minimum atomic E-state index is -0.276. The highest BCUT2D eigenvalue weighted by atomic mass is 35.5. The van der Waals surface area contributed by atoms with E-state index in [1.807, 2.05) is 24.3 Å². The Hall–Kier alpha value is -2.00. The molecular formula is C20H19ClN2O. The molecule has 1 spiro atoms. The van der Waals surface area contributed by atoms with Crippen LogP contribution in [-0.4, -0.2) is 16.4 Å². The number of fused-ring (bicyclic) bond motifs is 4. The molecule has 0 unspecified atom stereocenters. The molecule has 5 rings (SSSR count). The number of hydrogen-bond acceptors (Lipinski definition) is 3. The normalized spacial score (nSPS) is 23.6. The van der Waals surface area contributed by atoms with Crippen LogP contribution < -0.4 is 4.74 Å².